The standard InChI is InChI=1S/C11H9NO2/c1-8-4-2-3-5-9(8)12-10(13)6-7-11(12)14/h2-7H,1H3/p+1. The Labute approximate surface area is 81.6 Å². The second-order valence-electron chi connectivity index (χ2n) is 3.25. The van der Waals surface area contributed by atoms with Crippen LogP contribution in [-0.4, -0.2) is 11.8 Å². The third kappa shape index (κ3) is 1.28. The molecule has 3 heteroatoms. The second-order valence-corrected chi connectivity index (χ2v) is 3.25. The fourth-order valence-electron chi connectivity index (χ4n) is 1.56. The normalized spacial score (nSPS) is 16.6. The summed E-state index contributed by atoms with van der Waals surface area (Å²) >= 11 is 0. The fraction of sp³-hybridized carbons (Fsp3) is 0.0909. The first-order valence-corrected chi connectivity index (χ1v) is 4.40. The first-order valence-electron chi connectivity index (χ1n) is 4.40. The SMILES string of the molecule is Cc1ccccc1[NH+]1C(=O)C=CC1=O. The van der Waals surface area contributed by atoms with Gasteiger partial charge in [-0.1, -0.05) is 18.2 Å². The molecular weight excluding hydrogens is 178 g/mol. The topological polar surface area (TPSA) is 38.6 Å². The highest BCUT2D eigenvalue weighted by Gasteiger charge is 2.33. The van der Waals surface area contributed by atoms with Gasteiger partial charge in [-0.05, 0) is 6.92 Å². The number of para-hydroxylation sites is 1. The lowest BCUT2D eigenvalue weighted by molar-refractivity contribution is -0.654. The zero-order valence-corrected chi connectivity index (χ0v) is 7.78. The van der Waals surface area contributed by atoms with Crippen LogP contribution in [0.25, 0.3) is 0 Å². The van der Waals surface area contributed by atoms with Crippen molar-refractivity contribution in [2.45, 2.75) is 6.92 Å². The molecular formula is C11H10NO2+. The molecule has 0 unspecified atom stereocenters. The lowest BCUT2D eigenvalue weighted by Gasteiger charge is -2.08. The Hall–Kier alpha value is -1.74. The molecule has 0 aromatic heterocycles. The van der Waals surface area contributed by atoms with Gasteiger partial charge in [-0.3, -0.25) is 0 Å². The quantitative estimate of drug-likeness (QED) is 0.636. The van der Waals surface area contributed by atoms with E-state index < -0.39 is 0 Å². The first kappa shape index (κ1) is 8.84. The van der Waals surface area contributed by atoms with E-state index in [2.05, 4.69) is 0 Å². The van der Waals surface area contributed by atoms with Crippen LogP contribution in [0.4, 0.5) is 5.69 Å². The number of quaternary nitrogens is 1. The van der Waals surface area contributed by atoms with Crippen molar-refractivity contribution in [3.63, 3.8) is 0 Å². The Morgan fingerprint density at radius 1 is 1.00 bits per heavy atom. The number of rotatable bonds is 1. The summed E-state index contributed by atoms with van der Waals surface area (Å²) < 4.78 is 0. The van der Waals surface area contributed by atoms with E-state index in [-0.39, 0.29) is 11.8 Å². The van der Waals surface area contributed by atoms with Gasteiger partial charge in [0.2, 0.25) is 0 Å². The first-order chi connectivity index (χ1) is 6.70. The molecule has 14 heavy (non-hydrogen) atoms. The van der Waals surface area contributed by atoms with Gasteiger partial charge in [0.15, 0.2) is 0 Å². The summed E-state index contributed by atoms with van der Waals surface area (Å²) in [5.74, 6) is -0.381. The Balaban J connectivity index is 2.46. The van der Waals surface area contributed by atoms with E-state index >= 15 is 0 Å². The number of carbonyl (C=O) groups is 2. The summed E-state index contributed by atoms with van der Waals surface area (Å²) in [6, 6.07) is 7.40. The van der Waals surface area contributed by atoms with Gasteiger partial charge in [-0.15, -0.1) is 0 Å². The van der Waals surface area contributed by atoms with Crippen LogP contribution in [0.2, 0.25) is 0 Å². The molecule has 1 aromatic carbocycles. The minimum atomic E-state index is -0.190. The molecule has 0 bridgehead atoms. The highest BCUT2D eigenvalue weighted by Crippen LogP contribution is 2.09. The Morgan fingerprint density at radius 3 is 2.14 bits per heavy atom. The van der Waals surface area contributed by atoms with Crippen LogP contribution in [0.15, 0.2) is 36.4 Å². The van der Waals surface area contributed by atoms with Gasteiger partial charge in [0.25, 0.3) is 0 Å². The average molecular weight is 188 g/mol. The smallest absolute Gasteiger partial charge is 0.225 e. The summed E-state index contributed by atoms with van der Waals surface area (Å²) in [5.41, 5.74) is 1.69. The van der Waals surface area contributed by atoms with Crippen LogP contribution in [0, 0.1) is 6.92 Å². The van der Waals surface area contributed by atoms with E-state index in [4.69, 9.17) is 0 Å². The summed E-state index contributed by atoms with van der Waals surface area (Å²) in [4.78, 5) is 23.1. The molecule has 2 rings (SSSR count). The molecule has 0 saturated carbocycles. The molecule has 1 aliphatic rings. The number of amides is 2. The van der Waals surface area contributed by atoms with Gasteiger partial charge in [-0.25, -0.2) is 9.59 Å². The number of aryl methyl sites for hydroxylation is 1. The van der Waals surface area contributed by atoms with Crippen molar-refractivity contribution in [1.82, 2.24) is 0 Å². The third-order valence-corrected chi connectivity index (χ3v) is 2.29. The zero-order chi connectivity index (χ0) is 10.1. The van der Waals surface area contributed by atoms with Crippen LogP contribution in [-0.2, 0) is 9.59 Å². The minimum Gasteiger partial charge on any atom is -0.225 e. The molecule has 0 aliphatic carbocycles. The predicted octanol–water partition coefficient (Wildman–Crippen LogP) is 0.134. The monoisotopic (exact) mass is 188 g/mol. The maximum Gasteiger partial charge on any atom is 0.350 e. The molecule has 1 aliphatic heterocycles. The van der Waals surface area contributed by atoms with Crippen LogP contribution in [0.3, 0.4) is 0 Å². The Morgan fingerprint density at radius 2 is 1.57 bits per heavy atom. The lowest BCUT2D eigenvalue weighted by atomic mass is 10.2. The molecule has 1 heterocycles. The number of nitrogens with one attached hydrogen (secondary N) is 1. The van der Waals surface area contributed by atoms with Crippen LogP contribution < -0.4 is 4.90 Å². The van der Waals surface area contributed by atoms with Crippen molar-refractivity contribution in [3.05, 3.63) is 42.0 Å². The largest absolute Gasteiger partial charge is 0.350 e. The van der Waals surface area contributed by atoms with Crippen molar-refractivity contribution in [2.75, 3.05) is 0 Å². The molecule has 2 amide bonds. The molecule has 0 fully saturated rings. The number of imide groups is 1. The lowest BCUT2D eigenvalue weighted by Crippen LogP contribution is -3.10. The third-order valence-electron chi connectivity index (χ3n) is 2.29. The van der Waals surface area contributed by atoms with Crippen molar-refractivity contribution >= 4 is 17.5 Å². The highest BCUT2D eigenvalue weighted by atomic mass is 16.2. The molecule has 0 radical (unpaired) electrons. The van der Waals surface area contributed by atoms with Crippen molar-refractivity contribution < 1.29 is 14.5 Å². The minimum absolute atomic E-state index is 0.190. The number of hydrogen-bond donors (Lipinski definition) is 1. The van der Waals surface area contributed by atoms with Crippen molar-refractivity contribution in [1.29, 1.82) is 0 Å². The number of carbonyl (C=O) groups excluding carboxylic acids is 2. The zero-order valence-electron chi connectivity index (χ0n) is 7.78. The predicted molar refractivity (Wildman–Crippen MR) is 51.0 cm³/mol. The van der Waals surface area contributed by atoms with E-state index in [0.717, 1.165) is 11.3 Å². The molecule has 0 atom stereocenters. The molecule has 1 N–H and O–H groups in total. The van der Waals surface area contributed by atoms with Crippen molar-refractivity contribution in [2.24, 2.45) is 0 Å². The maximum absolute atomic E-state index is 11.4. The summed E-state index contributed by atoms with van der Waals surface area (Å²) in [6.45, 7) is 1.89. The Bertz CT molecular complexity index is 417. The number of hydrogen-bond acceptors (Lipinski definition) is 2. The van der Waals surface area contributed by atoms with E-state index in [1.54, 1.807) is 6.07 Å². The average Bonchev–Trinajstić information content (AvgIpc) is 2.48. The maximum atomic E-state index is 11.4. The highest BCUT2D eigenvalue weighted by molar-refractivity contribution is 6.03. The molecule has 1 aromatic rings. The van der Waals surface area contributed by atoms with Gasteiger partial charge >= 0.3 is 11.8 Å². The van der Waals surface area contributed by atoms with E-state index in [9.17, 15) is 9.59 Å². The van der Waals surface area contributed by atoms with Gasteiger partial charge in [0.05, 0.1) is 12.2 Å². The van der Waals surface area contributed by atoms with E-state index in [1.807, 2.05) is 25.1 Å². The van der Waals surface area contributed by atoms with Crippen LogP contribution >= 0.6 is 0 Å². The fourth-order valence-corrected chi connectivity index (χ4v) is 1.56. The molecule has 0 spiro atoms. The van der Waals surface area contributed by atoms with Gasteiger partial charge < -0.3 is 0 Å². The summed E-state index contributed by atoms with van der Waals surface area (Å²) in [5, 5.41) is 0. The Kier molecular flexibility index (Phi) is 2.02. The molecule has 0 saturated heterocycles. The second kappa shape index (κ2) is 3.20. The molecule has 70 valence electrons. The van der Waals surface area contributed by atoms with Crippen LogP contribution in [0.5, 0.6) is 0 Å². The van der Waals surface area contributed by atoms with Gasteiger partial charge in [-0.2, -0.15) is 4.90 Å². The van der Waals surface area contributed by atoms with Gasteiger partial charge in [0.1, 0.15) is 5.69 Å². The van der Waals surface area contributed by atoms with Crippen LogP contribution in [0.1, 0.15) is 5.56 Å². The van der Waals surface area contributed by atoms with E-state index in [1.165, 1.54) is 12.2 Å². The van der Waals surface area contributed by atoms with E-state index in [0.29, 0.717) is 4.90 Å². The molecule has 3 nitrogen and oxygen atoms in total. The van der Waals surface area contributed by atoms with Gasteiger partial charge in [0, 0.05) is 11.6 Å². The number of benzene rings is 1. The summed E-state index contributed by atoms with van der Waals surface area (Å²) in [6.07, 6.45) is 2.65. The van der Waals surface area contributed by atoms with Crippen molar-refractivity contribution in [3.8, 4) is 0 Å². The summed E-state index contributed by atoms with van der Waals surface area (Å²) in [7, 11) is 0.